The molecule has 7 heteroatoms. The molecule has 1 aromatic carbocycles. The Bertz CT molecular complexity index is 631. The molecule has 1 heterocycles. The summed E-state index contributed by atoms with van der Waals surface area (Å²) in [6.45, 7) is 1.96. The lowest BCUT2D eigenvalue weighted by atomic mass is 10.1. The summed E-state index contributed by atoms with van der Waals surface area (Å²) in [7, 11) is -2.90. The summed E-state index contributed by atoms with van der Waals surface area (Å²) in [5.41, 5.74) is 1.28. The first-order chi connectivity index (χ1) is 9.85. The fraction of sp³-hybridized carbons (Fsp3) is 0.500. The van der Waals surface area contributed by atoms with Crippen molar-refractivity contribution in [3.05, 3.63) is 35.1 Å². The fourth-order valence-corrected chi connectivity index (χ4v) is 5.56. The van der Waals surface area contributed by atoms with Gasteiger partial charge in [-0.15, -0.1) is 11.8 Å². The zero-order valence-electron chi connectivity index (χ0n) is 11.8. The van der Waals surface area contributed by atoms with Crippen LogP contribution in [0.4, 0.5) is 4.39 Å². The van der Waals surface area contributed by atoms with Gasteiger partial charge in [-0.2, -0.15) is 0 Å². The summed E-state index contributed by atoms with van der Waals surface area (Å²) in [6, 6.07) is 4.86. The van der Waals surface area contributed by atoms with Crippen molar-refractivity contribution >= 4 is 27.5 Å². The first-order valence-corrected chi connectivity index (χ1v) is 9.56. The second-order valence-electron chi connectivity index (χ2n) is 5.20. The molecule has 2 rings (SSSR count). The number of carbonyl (C=O) groups excluding carboxylic acids is 1. The maximum Gasteiger partial charge on any atom is 0.230 e. The van der Waals surface area contributed by atoms with Crippen molar-refractivity contribution in [3.63, 3.8) is 0 Å². The standard InChI is InChI=1S/C14H18FNO3S2/c1-10-2-3-11(6-13(10)15)7-16-14(17)8-20-12-4-5-21(18,19)9-12/h2-3,6,12H,4-5,7-9H2,1H3,(H,16,17). The Kier molecular flexibility index (Phi) is 5.27. The molecule has 1 aliphatic rings. The second kappa shape index (κ2) is 6.79. The number of sulfone groups is 1. The highest BCUT2D eigenvalue weighted by Crippen LogP contribution is 2.23. The van der Waals surface area contributed by atoms with Gasteiger partial charge >= 0.3 is 0 Å². The third kappa shape index (κ3) is 5.00. The highest BCUT2D eigenvalue weighted by molar-refractivity contribution is 8.02. The molecule has 0 aromatic heterocycles. The Morgan fingerprint density at radius 1 is 1.48 bits per heavy atom. The molecule has 116 valence electrons. The van der Waals surface area contributed by atoms with Gasteiger partial charge in [0.2, 0.25) is 5.91 Å². The van der Waals surface area contributed by atoms with E-state index in [0.29, 0.717) is 17.5 Å². The Morgan fingerprint density at radius 2 is 2.24 bits per heavy atom. The molecule has 21 heavy (non-hydrogen) atoms. The summed E-state index contributed by atoms with van der Waals surface area (Å²) in [4.78, 5) is 11.7. The van der Waals surface area contributed by atoms with Gasteiger partial charge in [0.1, 0.15) is 5.82 Å². The summed E-state index contributed by atoms with van der Waals surface area (Å²) in [5, 5.41) is 2.73. The zero-order valence-corrected chi connectivity index (χ0v) is 13.4. The fourth-order valence-electron chi connectivity index (χ4n) is 2.08. The molecule has 0 saturated carbocycles. The van der Waals surface area contributed by atoms with Crippen molar-refractivity contribution in [2.75, 3.05) is 17.3 Å². The molecular weight excluding hydrogens is 313 g/mol. The number of benzene rings is 1. The minimum Gasteiger partial charge on any atom is -0.351 e. The van der Waals surface area contributed by atoms with Crippen molar-refractivity contribution in [2.45, 2.75) is 25.1 Å². The van der Waals surface area contributed by atoms with Gasteiger partial charge in [-0.25, -0.2) is 12.8 Å². The molecule has 0 aliphatic carbocycles. The van der Waals surface area contributed by atoms with Crippen molar-refractivity contribution in [1.29, 1.82) is 0 Å². The Balaban J connectivity index is 1.74. The van der Waals surface area contributed by atoms with E-state index in [4.69, 9.17) is 0 Å². The SMILES string of the molecule is Cc1ccc(CNC(=O)CSC2CCS(=O)(=O)C2)cc1F. The minimum atomic E-state index is -2.90. The number of thioether (sulfide) groups is 1. The average molecular weight is 331 g/mol. The van der Waals surface area contributed by atoms with Crippen LogP contribution in [0.5, 0.6) is 0 Å². The van der Waals surface area contributed by atoms with Crippen molar-refractivity contribution in [2.24, 2.45) is 0 Å². The molecule has 0 radical (unpaired) electrons. The van der Waals surface area contributed by atoms with Crippen LogP contribution in [0.2, 0.25) is 0 Å². The minimum absolute atomic E-state index is 0.0116. The van der Waals surface area contributed by atoms with E-state index >= 15 is 0 Å². The molecular formula is C14H18FNO3S2. The van der Waals surface area contributed by atoms with E-state index in [1.54, 1.807) is 19.1 Å². The molecule has 4 nitrogen and oxygen atoms in total. The van der Waals surface area contributed by atoms with E-state index in [9.17, 15) is 17.6 Å². The lowest BCUT2D eigenvalue weighted by Gasteiger charge is -2.09. The van der Waals surface area contributed by atoms with E-state index in [0.717, 1.165) is 0 Å². The van der Waals surface area contributed by atoms with Crippen LogP contribution in [0.25, 0.3) is 0 Å². The summed E-state index contributed by atoms with van der Waals surface area (Å²) in [5.74, 6) is 0.162. The average Bonchev–Trinajstić information content (AvgIpc) is 2.77. The molecule has 1 unspecified atom stereocenters. The number of hydrogen-bond acceptors (Lipinski definition) is 4. The van der Waals surface area contributed by atoms with Crippen molar-refractivity contribution in [3.8, 4) is 0 Å². The first kappa shape index (κ1) is 16.3. The van der Waals surface area contributed by atoms with Crippen molar-refractivity contribution < 1.29 is 17.6 Å². The Morgan fingerprint density at radius 3 is 2.86 bits per heavy atom. The summed E-state index contributed by atoms with van der Waals surface area (Å²) < 4.78 is 36.0. The van der Waals surface area contributed by atoms with E-state index in [1.807, 2.05) is 0 Å². The maximum absolute atomic E-state index is 13.4. The van der Waals surface area contributed by atoms with Crippen LogP contribution in [-0.2, 0) is 21.2 Å². The van der Waals surface area contributed by atoms with Gasteiger partial charge in [0.05, 0.1) is 17.3 Å². The highest BCUT2D eigenvalue weighted by Gasteiger charge is 2.28. The lowest BCUT2D eigenvalue weighted by molar-refractivity contribution is -0.118. The van der Waals surface area contributed by atoms with E-state index < -0.39 is 9.84 Å². The molecule has 0 spiro atoms. The number of rotatable bonds is 5. The molecule has 1 aromatic rings. The highest BCUT2D eigenvalue weighted by atomic mass is 32.2. The van der Waals surface area contributed by atoms with E-state index in [2.05, 4.69) is 5.32 Å². The normalized spacial score (nSPS) is 20.4. The van der Waals surface area contributed by atoms with E-state index in [-0.39, 0.29) is 40.8 Å². The van der Waals surface area contributed by atoms with Crippen LogP contribution >= 0.6 is 11.8 Å². The van der Waals surface area contributed by atoms with Crippen LogP contribution in [0.3, 0.4) is 0 Å². The van der Waals surface area contributed by atoms with Gasteiger partial charge in [0.15, 0.2) is 9.84 Å². The predicted molar refractivity (Wildman–Crippen MR) is 82.5 cm³/mol. The molecule has 1 amide bonds. The molecule has 0 bridgehead atoms. The number of aryl methyl sites for hydroxylation is 1. The van der Waals surface area contributed by atoms with Gasteiger partial charge in [0.25, 0.3) is 0 Å². The van der Waals surface area contributed by atoms with Crippen LogP contribution < -0.4 is 5.32 Å². The van der Waals surface area contributed by atoms with Crippen molar-refractivity contribution in [1.82, 2.24) is 5.32 Å². The van der Waals surface area contributed by atoms with Crippen LogP contribution in [0.15, 0.2) is 18.2 Å². The lowest BCUT2D eigenvalue weighted by Crippen LogP contribution is -2.25. The number of carbonyl (C=O) groups is 1. The van der Waals surface area contributed by atoms with Gasteiger partial charge in [-0.3, -0.25) is 4.79 Å². The quantitative estimate of drug-likeness (QED) is 0.891. The van der Waals surface area contributed by atoms with Gasteiger partial charge in [-0.05, 0) is 30.5 Å². The smallest absolute Gasteiger partial charge is 0.230 e. The zero-order chi connectivity index (χ0) is 15.5. The van der Waals surface area contributed by atoms with Gasteiger partial charge < -0.3 is 5.32 Å². The molecule has 1 fully saturated rings. The summed E-state index contributed by atoms with van der Waals surface area (Å²) in [6.07, 6.45) is 0.615. The third-order valence-electron chi connectivity index (χ3n) is 3.37. The molecule has 1 N–H and O–H groups in total. The number of halogens is 1. The second-order valence-corrected chi connectivity index (χ2v) is 8.71. The number of nitrogens with one attached hydrogen (secondary N) is 1. The Labute approximate surface area is 128 Å². The topological polar surface area (TPSA) is 63.2 Å². The largest absolute Gasteiger partial charge is 0.351 e. The van der Waals surface area contributed by atoms with Crippen LogP contribution in [0, 0.1) is 12.7 Å². The van der Waals surface area contributed by atoms with Crippen LogP contribution in [-0.4, -0.2) is 36.8 Å². The van der Waals surface area contributed by atoms with Gasteiger partial charge in [0, 0.05) is 11.8 Å². The number of amides is 1. The monoisotopic (exact) mass is 331 g/mol. The molecule has 1 aliphatic heterocycles. The van der Waals surface area contributed by atoms with Crippen LogP contribution in [0.1, 0.15) is 17.5 Å². The number of hydrogen-bond donors (Lipinski definition) is 1. The molecule has 1 saturated heterocycles. The summed E-state index contributed by atoms with van der Waals surface area (Å²) >= 11 is 1.37. The molecule has 1 atom stereocenters. The third-order valence-corrected chi connectivity index (χ3v) is 6.65. The Hall–Kier alpha value is -1.08. The predicted octanol–water partition coefficient (Wildman–Crippen LogP) is 1.67. The van der Waals surface area contributed by atoms with E-state index in [1.165, 1.54) is 17.8 Å². The van der Waals surface area contributed by atoms with Gasteiger partial charge in [-0.1, -0.05) is 12.1 Å². The maximum atomic E-state index is 13.4. The first-order valence-electron chi connectivity index (χ1n) is 6.69.